The molecule has 1 aromatic heterocycles. The van der Waals surface area contributed by atoms with Gasteiger partial charge in [-0.25, -0.2) is 0 Å². The van der Waals surface area contributed by atoms with Crippen molar-refractivity contribution in [1.82, 2.24) is 14.8 Å². The van der Waals surface area contributed by atoms with Crippen molar-refractivity contribution in [2.45, 2.75) is 26.4 Å². The van der Waals surface area contributed by atoms with Crippen LogP contribution in [0.25, 0.3) is 0 Å². The Labute approximate surface area is 200 Å². The lowest BCUT2D eigenvalue weighted by Gasteiger charge is -2.41. The zero-order valence-corrected chi connectivity index (χ0v) is 19.8. The number of benzene rings is 2. The van der Waals surface area contributed by atoms with Gasteiger partial charge in [-0.2, -0.15) is 0 Å². The van der Waals surface area contributed by atoms with Crippen LogP contribution in [0.4, 0.5) is 5.69 Å². The number of methoxy groups -OCH3 is 1. The molecule has 2 aromatic carbocycles. The summed E-state index contributed by atoms with van der Waals surface area (Å²) in [6, 6.07) is 17.2. The summed E-state index contributed by atoms with van der Waals surface area (Å²) in [7, 11) is 1.63. The lowest BCUT2D eigenvalue weighted by Crippen LogP contribution is -2.51. The van der Waals surface area contributed by atoms with Gasteiger partial charge in [0.25, 0.3) is 5.91 Å². The summed E-state index contributed by atoms with van der Waals surface area (Å²) < 4.78 is 5.28. The van der Waals surface area contributed by atoms with Crippen molar-refractivity contribution in [3.05, 3.63) is 89.2 Å². The Morgan fingerprint density at radius 2 is 1.79 bits per heavy atom. The monoisotopic (exact) mass is 458 g/mol. The predicted molar refractivity (Wildman–Crippen MR) is 132 cm³/mol. The van der Waals surface area contributed by atoms with E-state index in [1.807, 2.05) is 66.4 Å². The highest BCUT2D eigenvalue weighted by atomic mass is 16.5. The number of pyridine rings is 1. The Morgan fingerprint density at radius 1 is 1.06 bits per heavy atom. The van der Waals surface area contributed by atoms with E-state index in [9.17, 15) is 9.59 Å². The van der Waals surface area contributed by atoms with Crippen molar-refractivity contribution >= 4 is 17.5 Å². The molecule has 4 rings (SSSR count). The number of carbonyl (C=O) groups excluding carboxylic acids is 2. The van der Waals surface area contributed by atoms with Gasteiger partial charge in [0.1, 0.15) is 5.75 Å². The van der Waals surface area contributed by atoms with Crippen LogP contribution >= 0.6 is 0 Å². The molecule has 1 aliphatic rings. The molecule has 1 fully saturated rings. The van der Waals surface area contributed by atoms with Crippen molar-refractivity contribution in [2.24, 2.45) is 0 Å². The van der Waals surface area contributed by atoms with Gasteiger partial charge in [0.2, 0.25) is 5.91 Å². The molecule has 0 aliphatic carbocycles. The second-order valence-corrected chi connectivity index (χ2v) is 8.49. The average molecular weight is 459 g/mol. The smallest absolute Gasteiger partial charge is 0.254 e. The molecule has 2 heterocycles. The fourth-order valence-corrected chi connectivity index (χ4v) is 4.23. The molecule has 0 spiro atoms. The highest BCUT2D eigenvalue weighted by molar-refractivity contribution is 5.96. The van der Waals surface area contributed by atoms with E-state index in [0.29, 0.717) is 31.7 Å². The first-order valence-corrected chi connectivity index (χ1v) is 11.4. The molecule has 0 radical (unpaired) electrons. The minimum absolute atomic E-state index is 0.0172. The third-order valence-corrected chi connectivity index (χ3v) is 6.30. The summed E-state index contributed by atoms with van der Waals surface area (Å²) in [6.45, 7) is 5.70. The Kier molecular flexibility index (Phi) is 7.11. The fourth-order valence-electron chi connectivity index (χ4n) is 4.23. The van der Waals surface area contributed by atoms with E-state index >= 15 is 0 Å². The number of nitrogens with zero attached hydrogens (tertiary/aromatic N) is 3. The van der Waals surface area contributed by atoms with Crippen LogP contribution in [0.3, 0.4) is 0 Å². The predicted octanol–water partition coefficient (Wildman–Crippen LogP) is 4.06. The first kappa shape index (κ1) is 23.3. The summed E-state index contributed by atoms with van der Waals surface area (Å²) in [4.78, 5) is 33.5. The minimum Gasteiger partial charge on any atom is -0.497 e. The number of ether oxygens (including phenoxy) is 1. The number of hydrogen-bond acceptors (Lipinski definition) is 5. The maximum Gasteiger partial charge on any atom is 0.254 e. The standard InChI is InChI=1S/C27H30N4O3/c1-19-4-5-23(16-25(19)29-17-21-10-12-28-13-11-21)27(33)31-15-14-30(20(2)32)18-26(31)22-6-8-24(34-3)9-7-22/h4-13,16,26,29H,14-15,17-18H2,1-3H3/t26-/m1/s1. The van der Waals surface area contributed by atoms with E-state index in [1.165, 1.54) is 0 Å². The van der Waals surface area contributed by atoms with Crippen molar-refractivity contribution < 1.29 is 14.3 Å². The summed E-state index contributed by atoms with van der Waals surface area (Å²) >= 11 is 0. The molecule has 0 bridgehead atoms. The number of rotatable bonds is 6. The van der Waals surface area contributed by atoms with Crippen LogP contribution in [-0.4, -0.2) is 53.3 Å². The number of nitrogens with one attached hydrogen (secondary N) is 1. The summed E-state index contributed by atoms with van der Waals surface area (Å²) in [6.07, 6.45) is 3.54. The van der Waals surface area contributed by atoms with E-state index in [-0.39, 0.29) is 17.9 Å². The molecule has 34 heavy (non-hydrogen) atoms. The molecule has 7 nitrogen and oxygen atoms in total. The van der Waals surface area contributed by atoms with Crippen LogP contribution in [0.5, 0.6) is 5.75 Å². The molecule has 1 aliphatic heterocycles. The lowest BCUT2D eigenvalue weighted by molar-refractivity contribution is -0.131. The number of aromatic nitrogens is 1. The van der Waals surface area contributed by atoms with Crippen LogP contribution in [0.2, 0.25) is 0 Å². The quantitative estimate of drug-likeness (QED) is 0.603. The lowest BCUT2D eigenvalue weighted by atomic mass is 10.00. The van der Waals surface area contributed by atoms with Gasteiger partial charge in [-0.15, -0.1) is 0 Å². The van der Waals surface area contributed by atoms with Gasteiger partial charge >= 0.3 is 0 Å². The summed E-state index contributed by atoms with van der Waals surface area (Å²) in [5.74, 6) is 0.726. The molecule has 176 valence electrons. The first-order chi connectivity index (χ1) is 16.5. The fraction of sp³-hybridized carbons (Fsp3) is 0.296. The van der Waals surface area contributed by atoms with E-state index < -0.39 is 0 Å². The Hall–Kier alpha value is -3.87. The third kappa shape index (κ3) is 5.20. The van der Waals surface area contributed by atoms with Crippen molar-refractivity contribution in [3.8, 4) is 5.75 Å². The van der Waals surface area contributed by atoms with Crippen molar-refractivity contribution in [3.63, 3.8) is 0 Å². The van der Waals surface area contributed by atoms with Crippen molar-refractivity contribution in [1.29, 1.82) is 0 Å². The zero-order valence-electron chi connectivity index (χ0n) is 19.8. The molecule has 2 amide bonds. The van der Waals surface area contributed by atoms with Gasteiger partial charge in [-0.05, 0) is 60.0 Å². The maximum atomic E-state index is 13.7. The van der Waals surface area contributed by atoms with E-state index in [1.54, 1.807) is 31.3 Å². The Balaban J connectivity index is 1.58. The maximum absolute atomic E-state index is 13.7. The molecule has 0 saturated carbocycles. The second-order valence-electron chi connectivity index (χ2n) is 8.49. The highest BCUT2D eigenvalue weighted by Gasteiger charge is 2.33. The first-order valence-electron chi connectivity index (χ1n) is 11.4. The highest BCUT2D eigenvalue weighted by Crippen LogP contribution is 2.29. The molecule has 1 N–H and O–H groups in total. The minimum atomic E-state index is -0.231. The van der Waals surface area contributed by atoms with Crippen LogP contribution in [0.15, 0.2) is 67.0 Å². The van der Waals surface area contributed by atoms with Gasteiger partial charge < -0.3 is 19.9 Å². The average Bonchev–Trinajstić information content (AvgIpc) is 2.88. The van der Waals surface area contributed by atoms with Crippen LogP contribution in [-0.2, 0) is 11.3 Å². The van der Waals surface area contributed by atoms with Crippen LogP contribution < -0.4 is 10.1 Å². The van der Waals surface area contributed by atoms with E-state index in [4.69, 9.17) is 4.74 Å². The third-order valence-electron chi connectivity index (χ3n) is 6.30. The van der Waals surface area contributed by atoms with Gasteiger partial charge in [-0.3, -0.25) is 14.6 Å². The molecular weight excluding hydrogens is 428 g/mol. The van der Waals surface area contributed by atoms with Gasteiger partial charge in [-0.1, -0.05) is 18.2 Å². The molecule has 0 unspecified atom stereocenters. The number of hydrogen-bond donors (Lipinski definition) is 1. The number of aryl methyl sites for hydroxylation is 1. The molecule has 1 saturated heterocycles. The number of carbonyl (C=O) groups is 2. The van der Waals surface area contributed by atoms with E-state index in [2.05, 4.69) is 10.3 Å². The van der Waals surface area contributed by atoms with Crippen LogP contribution in [0, 0.1) is 6.92 Å². The normalized spacial score (nSPS) is 15.7. The van der Waals surface area contributed by atoms with Gasteiger partial charge in [0.05, 0.1) is 13.2 Å². The SMILES string of the molecule is COc1ccc([C@H]2CN(C(C)=O)CCN2C(=O)c2ccc(C)c(NCc3ccncc3)c2)cc1. The molecule has 3 aromatic rings. The molecule has 7 heteroatoms. The van der Waals surface area contributed by atoms with Crippen molar-refractivity contribution in [2.75, 3.05) is 32.1 Å². The van der Waals surface area contributed by atoms with Crippen LogP contribution in [0.1, 0.15) is 40.0 Å². The number of piperazine rings is 1. The Morgan fingerprint density at radius 3 is 2.47 bits per heavy atom. The topological polar surface area (TPSA) is 74.8 Å². The zero-order chi connectivity index (χ0) is 24.1. The number of anilines is 1. The van der Waals surface area contributed by atoms with Gasteiger partial charge in [0.15, 0.2) is 0 Å². The second kappa shape index (κ2) is 10.4. The van der Waals surface area contributed by atoms with Gasteiger partial charge in [0, 0.05) is 56.7 Å². The largest absolute Gasteiger partial charge is 0.497 e. The Bertz CT molecular complexity index is 1150. The van der Waals surface area contributed by atoms with E-state index in [0.717, 1.165) is 28.1 Å². The molecular formula is C27H30N4O3. The summed E-state index contributed by atoms with van der Waals surface area (Å²) in [5, 5.41) is 3.44. The summed E-state index contributed by atoms with van der Waals surface area (Å²) in [5.41, 5.74) is 4.71. The molecule has 1 atom stereocenters. The number of amides is 2.